The number of nitrogens with one attached hydrogen (secondary N) is 2. The Morgan fingerprint density at radius 1 is 1.35 bits per heavy atom. The summed E-state index contributed by atoms with van der Waals surface area (Å²) in [6.07, 6.45) is 0. The number of aryl methyl sites for hydroxylation is 1. The summed E-state index contributed by atoms with van der Waals surface area (Å²) in [6, 6.07) is 11.7. The maximum absolute atomic E-state index is 12.3. The number of hydrogen-bond donors (Lipinski definition) is 2. The normalized spacial score (nSPS) is 12.1. The summed E-state index contributed by atoms with van der Waals surface area (Å²) in [4.78, 5) is 17.7. The third-order valence-corrected chi connectivity index (χ3v) is 4.99. The average Bonchev–Trinajstić information content (AvgIpc) is 3.17. The van der Waals surface area contributed by atoms with Gasteiger partial charge in [-0.05, 0) is 43.0 Å². The molecule has 0 aliphatic carbocycles. The highest BCUT2D eigenvalue weighted by molar-refractivity contribution is 8.00. The summed E-state index contributed by atoms with van der Waals surface area (Å²) in [5, 5.41) is 12.3. The molecule has 0 bridgehead atoms. The first-order valence-corrected chi connectivity index (χ1v) is 8.88. The van der Waals surface area contributed by atoms with Gasteiger partial charge in [0.15, 0.2) is 5.82 Å². The van der Waals surface area contributed by atoms with Gasteiger partial charge in [0.1, 0.15) is 0 Å². The van der Waals surface area contributed by atoms with Gasteiger partial charge in [-0.2, -0.15) is 0 Å². The van der Waals surface area contributed by atoms with E-state index in [1.807, 2.05) is 55.6 Å². The van der Waals surface area contributed by atoms with Gasteiger partial charge in [0.2, 0.25) is 11.1 Å². The average molecular weight is 344 g/mol. The maximum Gasteiger partial charge on any atom is 0.237 e. The zero-order valence-corrected chi connectivity index (χ0v) is 14.4. The van der Waals surface area contributed by atoms with Crippen molar-refractivity contribution in [3.05, 3.63) is 47.3 Å². The van der Waals surface area contributed by atoms with E-state index in [9.17, 15) is 4.79 Å². The molecular formula is C16H16N4OS2. The van der Waals surface area contributed by atoms with Gasteiger partial charge in [-0.1, -0.05) is 30.0 Å². The lowest BCUT2D eigenvalue weighted by Gasteiger charge is -2.10. The fourth-order valence-corrected chi connectivity index (χ4v) is 3.39. The van der Waals surface area contributed by atoms with Crippen molar-refractivity contribution in [2.24, 2.45) is 0 Å². The van der Waals surface area contributed by atoms with E-state index in [0.717, 1.165) is 22.0 Å². The second-order valence-corrected chi connectivity index (χ2v) is 7.32. The predicted octanol–water partition coefficient (Wildman–Crippen LogP) is 3.96. The monoisotopic (exact) mass is 344 g/mol. The van der Waals surface area contributed by atoms with Crippen LogP contribution in [0.4, 0.5) is 5.69 Å². The molecule has 5 nitrogen and oxygen atoms in total. The molecule has 0 spiro atoms. The number of thioether (sulfide) groups is 1. The lowest BCUT2D eigenvalue weighted by molar-refractivity contribution is -0.115. The Morgan fingerprint density at radius 2 is 2.22 bits per heavy atom. The third-order valence-electron chi connectivity index (χ3n) is 3.16. The second-order valence-electron chi connectivity index (χ2n) is 5.06. The van der Waals surface area contributed by atoms with Crippen LogP contribution in [0.25, 0.3) is 10.7 Å². The molecule has 1 aromatic carbocycles. The molecule has 2 aromatic heterocycles. The van der Waals surface area contributed by atoms with E-state index in [1.165, 1.54) is 11.8 Å². The lowest BCUT2D eigenvalue weighted by Crippen LogP contribution is -2.22. The topological polar surface area (TPSA) is 70.7 Å². The molecule has 1 unspecified atom stereocenters. The van der Waals surface area contributed by atoms with Gasteiger partial charge in [0.05, 0.1) is 10.1 Å². The van der Waals surface area contributed by atoms with Crippen molar-refractivity contribution in [3.8, 4) is 10.7 Å². The van der Waals surface area contributed by atoms with Gasteiger partial charge in [-0.15, -0.1) is 16.4 Å². The highest BCUT2D eigenvalue weighted by Gasteiger charge is 2.17. The first-order valence-electron chi connectivity index (χ1n) is 7.12. The molecule has 0 fully saturated rings. The van der Waals surface area contributed by atoms with E-state index in [0.29, 0.717) is 5.16 Å². The number of amides is 1. The number of rotatable bonds is 5. The number of carbonyl (C=O) groups excluding carboxylic acids is 1. The molecule has 0 saturated carbocycles. The minimum atomic E-state index is -0.289. The van der Waals surface area contributed by atoms with Gasteiger partial charge in [-0.25, -0.2) is 4.98 Å². The molecule has 0 saturated heterocycles. The van der Waals surface area contributed by atoms with E-state index >= 15 is 0 Å². The SMILES string of the molecule is Cc1cccc(NC(=O)C(C)Sc2n[nH]c(-c3cccs3)n2)c1. The molecule has 0 radical (unpaired) electrons. The standard InChI is InChI=1S/C16H16N4OS2/c1-10-5-3-6-12(9-10)17-15(21)11(2)23-16-18-14(19-20-16)13-7-4-8-22-13/h3-9,11H,1-2H3,(H,17,21)(H,18,19,20). The Balaban J connectivity index is 1.62. The van der Waals surface area contributed by atoms with Crippen molar-refractivity contribution in [2.45, 2.75) is 24.3 Å². The molecule has 23 heavy (non-hydrogen) atoms. The summed E-state index contributed by atoms with van der Waals surface area (Å²) < 4.78 is 0. The van der Waals surface area contributed by atoms with Crippen LogP contribution >= 0.6 is 23.1 Å². The molecule has 3 rings (SSSR count). The van der Waals surface area contributed by atoms with Crippen molar-refractivity contribution < 1.29 is 4.79 Å². The van der Waals surface area contributed by atoms with Crippen molar-refractivity contribution >= 4 is 34.7 Å². The smallest absolute Gasteiger partial charge is 0.237 e. The van der Waals surface area contributed by atoms with Crippen LogP contribution in [-0.4, -0.2) is 26.3 Å². The highest BCUT2D eigenvalue weighted by atomic mass is 32.2. The number of aromatic amines is 1. The number of hydrogen-bond acceptors (Lipinski definition) is 5. The van der Waals surface area contributed by atoms with Crippen LogP contribution in [0, 0.1) is 6.92 Å². The number of H-pyrrole nitrogens is 1. The summed E-state index contributed by atoms with van der Waals surface area (Å²) in [5.41, 5.74) is 1.91. The van der Waals surface area contributed by atoms with Gasteiger partial charge < -0.3 is 5.32 Å². The van der Waals surface area contributed by atoms with E-state index < -0.39 is 0 Å². The van der Waals surface area contributed by atoms with Crippen LogP contribution in [0.3, 0.4) is 0 Å². The summed E-state index contributed by atoms with van der Waals surface area (Å²) >= 11 is 2.93. The van der Waals surface area contributed by atoms with Gasteiger partial charge in [0.25, 0.3) is 0 Å². The fraction of sp³-hybridized carbons (Fsp3) is 0.188. The minimum Gasteiger partial charge on any atom is -0.325 e. The second kappa shape index (κ2) is 6.97. The third kappa shape index (κ3) is 4.00. The Morgan fingerprint density at radius 3 is 2.96 bits per heavy atom. The van der Waals surface area contributed by atoms with E-state index in [1.54, 1.807) is 11.3 Å². The Hall–Kier alpha value is -2.12. The maximum atomic E-state index is 12.3. The van der Waals surface area contributed by atoms with Crippen molar-refractivity contribution in [3.63, 3.8) is 0 Å². The molecule has 1 amide bonds. The van der Waals surface area contributed by atoms with Gasteiger partial charge in [0, 0.05) is 5.69 Å². The zero-order chi connectivity index (χ0) is 16.2. The fourth-order valence-electron chi connectivity index (χ4n) is 2.00. The van der Waals surface area contributed by atoms with Crippen LogP contribution in [0.2, 0.25) is 0 Å². The van der Waals surface area contributed by atoms with Gasteiger partial charge >= 0.3 is 0 Å². The summed E-state index contributed by atoms with van der Waals surface area (Å²) in [7, 11) is 0. The van der Waals surface area contributed by atoms with E-state index in [-0.39, 0.29) is 11.2 Å². The van der Waals surface area contributed by atoms with E-state index in [4.69, 9.17) is 0 Å². The number of nitrogens with zero attached hydrogens (tertiary/aromatic N) is 2. The number of anilines is 1. The molecule has 118 valence electrons. The molecule has 0 aliphatic rings. The Kier molecular flexibility index (Phi) is 4.78. The number of benzene rings is 1. The quantitative estimate of drug-likeness (QED) is 0.687. The zero-order valence-electron chi connectivity index (χ0n) is 12.7. The number of aromatic nitrogens is 3. The first kappa shape index (κ1) is 15.8. The van der Waals surface area contributed by atoms with Crippen LogP contribution in [-0.2, 0) is 4.79 Å². The minimum absolute atomic E-state index is 0.0666. The Bertz CT molecular complexity index is 798. The number of carbonyl (C=O) groups is 1. The molecule has 0 aliphatic heterocycles. The molecular weight excluding hydrogens is 328 g/mol. The van der Waals surface area contributed by atoms with E-state index in [2.05, 4.69) is 20.5 Å². The van der Waals surface area contributed by atoms with Crippen LogP contribution in [0.5, 0.6) is 0 Å². The van der Waals surface area contributed by atoms with Crippen LogP contribution in [0.15, 0.2) is 46.9 Å². The van der Waals surface area contributed by atoms with Gasteiger partial charge in [-0.3, -0.25) is 9.89 Å². The molecule has 7 heteroatoms. The number of thiophene rings is 1. The summed E-state index contributed by atoms with van der Waals surface area (Å²) in [5.74, 6) is 0.664. The lowest BCUT2D eigenvalue weighted by atomic mass is 10.2. The Labute approximate surface area is 142 Å². The summed E-state index contributed by atoms with van der Waals surface area (Å²) in [6.45, 7) is 3.84. The molecule has 2 N–H and O–H groups in total. The van der Waals surface area contributed by atoms with Crippen LogP contribution < -0.4 is 5.32 Å². The van der Waals surface area contributed by atoms with Crippen LogP contribution in [0.1, 0.15) is 12.5 Å². The molecule has 1 atom stereocenters. The predicted molar refractivity (Wildman–Crippen MR) is 94.8 cm³/mol. The molecule has 3 aromatic rings. The van der Waals surface area contributed by atoms with Crippen molar-refractivity contribution in [2.75, 3.05) is 5.32 Å². The largest absolute Gasteiger partial charge is 0.325 e. The van der Waals surface area contributed by atoms with Crippen molar-refractivity contribution in [1.82, 2.24) is 15.2 Å². The first-order chi connectivity index (χ1) is 11.1. The molecule has 2 heterocycles. The highest BCUT2D eigenvalue weighted by Crippen LogP contribution is 2.25. The van der Waals surface area contributed by atoms with Crippen molar-refractivity contribution in [1.29, 1.82) is 0 Å².